The van der Waals surface area contributed by atoms with Gasteiger partial charge in [-0.2, -0.15) is 16.8 Å². The Balaban J connectivity index is 0.000000215. The fourth-order valence-electron chi connectivity index (χ4n) is 6.11. The summed E-state index contributed by atoms with van der Waals surface area (Å²) in [7, 11) is -7.24. The zero-order valence-corrected chi connectivity index (χ0v) is 29.4. The van der Waals surface area contributed by atoms with Crippen LogP contribution in [-0.2, 0) is 43.9 Å². The zero-order valence-electron chi connectivity index (χ0n) is 27.8. The molecule has 0 unspecified atom stereocenters. The predicted octanol–water partition coefficient (Wildman–Crippen LogP) is 7.46. The van der Waals surface area contributed by atoms with Crippen molar-refractivity contribution in [1.29, 1.82) is 0 Å². The van der Waals surface area contributed by atoms with Gasteiger partial charge < -0.3 is 10.2 Å². The van der Waals surface area contributed by atoms with Gasteiger partial charge in [-0.25, -0.2) is 0 Å². The molecule has 0 aromatic heterocycles. The summed E-state index contributed by atoms with van der Waals surface area (Å²) in [6.45, 7) is 12.8. The van der Waals surface area contributed by atoms with Gasteiger partial charge in [0.2, 0.25) is 0 Å². The van der Waals surface area contributed by atoms with Crippen molar-refractivity contribution in [1.82, 2.24) is 5.32 Å². The monoisotopic (exact) mass is 666 g/mol. The maximum absolute atomic E-state index is 12.1. The Hall–Kier alpha value is -3.28. The summed E-state index contributed by atoms with van der Waals surface area (Å²) in [6.07, 6.45) is 3.42. The second-order valence-electron chi connectivity index (χ2n) is 13.8. The van der Waals surface area contributed by atoms with E-state index in [1.54, 1.807) is 41.5 Å². The molecule has 0 atom stereocenters. The van der Waals surface area contributed by atoms with Crippen molar-refractivity contribution in [2.24, 2.45) is 0 Å². The van der Waals surface area contributed by atoms with E-state index in [-0.39, 0.29) is 20.6 Å². The highest BCUT2D eigenvalue weighted by molar-refractivity contribution is 7.86. The van der Waals surface area contributed by atoms with Crippen molar-refractivity contribution < 1.29 is 25.9 Å². The second-order valence-corrected chi connectivity index (χ2v) is 16.5. The largest absolute Gasteiger partial charge is 0.341 e. The Morgan fingerprint density at radius 2 is 1.04 bits per heavy atom. The third-order valence-corrected chi connectivity index (χ3v) is 10.2. The molecule has 4 aromatic rings. The van der Waals surface area contributed by atoms with Crippen molar-refractivity contribution in [3.63, 3.8) is 0 Å². The minimum absolute atomic E-state index is 0.0561. The van der Waals surface area contributed by atoms with Gasteiger partial charge in [0.25, 0.3) is 20.2 Å². The van der Waals surface area contributed by atoms with Crippen LogP contribution in [0.25, 0.3) is 10.8 Å². The number of hydrogen-bond acceptors (Lipinski definition) is 6. The molecule has 0 fully saturated rings. The maximum Gasteiger partial charge on any atom is 0.295 e. The molecular formula is C36H46N2O6S2. The lowest BCUT2D eigenvalue weighted by atomic mass is 9.83. The summed E-state index contributed by atoms with van der Waals surface area (Å²) in [5.41, 5.74) is 5.19. The Morgan fingerprint density at radius 1 is 0.652 bits per heavy atom. The molecule has 10 heteroatoms. The maximum atomic E-state index is 12.1. The molecule has 0 amide bonds. The molecule has 1 aliphatic heterocycles. The molecule has 0 saturated heterocycles. The third-order valence-electron chi connectivity index (χ3n) is 8.27. The molecule has 0 radical (unpaired) electrons. The summed E-state index contributed by atoms with van der Waals surface area (Å²) in [6, 6.07) is 23.6. The quantitative estimate of drug-likeness (QED) is 0.143. The topological polar surface area (TPSA) is 124 Å². The first-order valence-electron chi connectivity index (χ1n) is 15.5. The standard InChI is InChI=1S/C18H22N2.C18H24O6S2/c1-19-13-6-14-20-17-9-4-2-7-15(17)11-12-16-8-3-5-10-18(16)20;1-17(2,3)13-9-7-12-11(15(13)25(19,20)21)8-10-14(18(4,5)6)16(12)26(22,23)24/h2-5,7-10,19H,6,11-14H2,1H3;7-10H,1-6H3,(H,19,20,21)(H,22,23,24). The number of rotatable bonds is 6. The smallest absolute Gasteiger partial charge is 0.295 e. The molecule has 8 nitrogen and oxygen atoms in total. The fourth-order valence-corrected chi connectivity index (χ4v) is 8.33. The molecule has 1 aliphatic rings. The van der Waals surface area contributed by atoms with Gasteiger partial charge in [-0.3, -0.25) is 9.11 Å². The summed E-state index contributed by atoms with van der Waals surface area (Å²) < 4.78 is 68.0. The van der Waals surface area contributed by atoms with Crippen molar-refractivity contribution in [2.45, 2.75) is 81.4 Å². The molecule has 0 saturated carbocycles. The Morgan fingerprint density at radius 3 is 1.39 bits per heavy atom. The van der Waals surface area contributed by atoms with Gasteiger partial charge in [-0.15, -0.1) is 0 Å². The van der Waals surface area contributed by atoms with Crippen molar-refractivity contribution in [3.8, 4) is 0 Å². The normalized spacial score (nSPS) is 13.8. The molecule has 46 heavy (non-hydrogen) atoms. The molecular weight excluding hydrogens is 621 g/mol. The number of para-hydroxylation sites is 2. The zero-order chi connectivity index (χ0) is 34.1. The van der Waals surface area contributed by atoms with Crippen LogP contribution in [0.15, 0.2) is 82.6 Å². The van der Waals surface area contributed by atoms with Crippen LogP contribution in [0.1, 0.15) is 70.2 Å². The van der Waals surface area contributed by atoms with Crippen molar-refractivity contribution >= 4 is 42.4 Å². The number of nitrogens with one attached hydrogen (secondary N) is 1. The van der Waals surface area contributed by atoms with E-state index in [1.807, 2.05) is 7.05 Å². The molecule has 5 rings (SSSR count). The van der Waals surface area contributed by atoms with Gasteiger partial charge >= 0.3 is 0 Å². The fraction of sp³-hybridized carbons (Fsp3) is 0.389. The highest BCUT2D eigenvalue weighted by Gasteiger charge is 2.32. The van der Waals surface area contributed by atoms with Gasteiger partial charge in [-0.05, 0) is 78.1 Å². The summed E-state index contributed by atoms with van der Waals surface area (Å²) in [4.78, 5) is 1.82. The first kappa shape index (κ1) is 35.6. The van der Waals surface area contributed by atoms with E-state index in [1.165, 1.54) is 46.8 Å². The lowest BCUT2D eigenvalue weighted by Gasteiger charge is -2.27. The second kappa shape index (κ2) is 13.4. The predicted molar refractivity (Wildman–Crippen MR) is 187 cm³/mol. The average molecular weight is 667 g/mol. The lowest BCUT2D eigenvalue weighted by molar-refractivity contribution is 0.474. The van der Waals surface area contributed by atoms with Crippen LogP contribution >= 0.6 is 0 Å². The minimum atomic E-state index is -4.63. The number of hydrogen-bond donors (Lipinski definition) is 3. The number of nitrogens with zero attached hydrogens (tertiary/aromatic N) is 1. The Bertz CT molecular complexity index is 1800. The highest BCUT2D eigenvalue weighted by Crippen LogP contribution is 2.40. The van der Waals surface area contributed by atoms with Crippen molar-refractivity contribution in [2.75, 3.05) is 25.0 Å². The molecule has 248 valence electrons. The molecule has 3 N–H and O–H groups in total. The minimum Gasteiger partial charge on any atom is -0.341 e. The van der Waals surface area contributed by atoms with Crippen LogP contribution in [0.3, 0.4) is 0 Å². The highest BCUT2D eigenvalue weighted by atomic mass is 32.2. The molecule has 1 heterocycles. The van der Waals surface area contributed by atoms with E-state index >= 15 is 0 Å². The number of anilines is 2. The average Bonchev–Trinajstić information content (AvgIpc) is 3.11. The van der Waals surface area contributed by atoms with Crippen LogP contribution in [0.2, 0.25) is 0 Å². The molecule has 0 bridgehead atoms. The van der Waals surface area contributed by atoms with E-state index in [0.717, 1.165) is 32.4 Å². The Kier molecular flexibility index (Phi) is 10.4. The van der Waals surface area contributed by atoms with Crippen LogP contribution in [0.4, 0.5) is 11.4 Å². The van der Waals surface area contributed by atoms with E-state index in [4.69, 9.17) is 0 Å². The number of aryl methyl sites for hydroxylation is 2. The van der Waals surface area contributed by atoms with Gasteiger partial charge in [-0.1, -0.05) is 102 Å². The van der Waals surface area contributed by atoms with Crippen molar-refractivity contribution in [3.05, 3.63) is 95.1 Å². The van der Waals surface area contributed by atoms with Crippen LogP contribution in [-0.4, -0.2) is 46.1 Å². The first-order chi connectivity index (χ1) is 21.4. The third kappa shape index (κ3) is 7.81. The van der Waals surface area contributed by atoms with E-state index in [9.17, 15) is 25.9 Å². The molecule has 0 aliphatic carbocycles. The molecule has 4 aromatic carbocycles. The van der Waals surface area contributed by atoms with E-state index in [0.29, 0.717) is 11.1 Å². The van der Waals surface area contributed by atoms with Gasteiger partial charge in [0.05, 0.1) is 0 Å². The number of fused-ring (bicyclic) bond motifs is 3. The lowest BCUT2D eigenvalue weighted by Crippen LogP contribution is -2.22. The van der Waals surface area contributed by atoms with Crippen LogP contribution < -0.4 is 10.2 Å². The summed E-state index contributed by atoms with van der Waals surface area (Å²) in [5, 5.41) is 3.36. The van der Waals surface area contributed by atoms with E-state index in [2.05, 4.69) is 58.7 Å². The van der Waals surface area contributed by atoms with Gasteiger partial charge in [0.15, 0.2) is 0 Å². The summed E-state index contributed by atoms with van der Waals surface area (Å²) in [5.74, 6) is 0. The first-order valence-corrected chi connectivity index (χ1v) is 18.4. The van der Waals surface area contributed by atoms with E-state index < -0.39 is 31.1 Å². The SMILES string of the molecule is CC(C)(C)c1ccc2c(S(=O)(=O)O)c(C(C)(C)C)ccc2c1S(=O)(=O)O.CNCCCN1c2ccccc2CCc2ccccc21. The van der Waals surface area contributed by atoms with Crippen LogP contribution in [0.5, 0.6) is 0 Å². The Labute approximate surface area is 274 Å². The molecule has 0 spiro atoms. The van der Waals surface area contributed by atoms with Gasteiger partial charge in [0.1, 0.15) is 9.79 Å². The van der Waals surface area contributed by atoms with Crippen LogP contribution in [0, 0.1) is 0 Å². The van der Waals surface area contributed by atoms with Gasteiger partial charge in [0, 0.05) is 28.7 Å². The summed E-state index contributed by atoms with van der Waals surface area (Å²) >= 11 is 0. The number of benzene rings is 4.